The van der Waals surface area contributed by atoms with Crippen LogP contribution in [0.2, 0.25) is 5.02 Å². The van der Waals surface area contributed by atoms with Gasteiger partial charge in [-0.05, 0) is 48.4 Å². The molecule has 0 fully saturated rings. The molecule has 1 aromatic heterocycles. The second-order valence-corrected chi connectivity index (χ2v) is 8.99. The van der Waals surface area contributed by atoms with Crippen LogP contribution in [0.4, 0.5) is 13.2 Å². The largest absolute Gasteiger partial charge is 0.504 e. The number of ether oxygens (including phenoxy) is 2. The molecule has 2 aromatic carbocycles. The number of aromatic nitrogens is 1. The van der Waals surface area contributed by atoms with Crippen molar-refractivity contribution >= 4 is 35.0 Å². The fourth-order valence-electron chi connectivity index (χ4n) is 3.75. The average Bonchev–Trinajstić information content (AvgIpc) is 3.13. The highest BCUT2D eigenvalue weighted by Crippen LogP contribution is 2.38. The molecule has 12 heteroatoms. The SMILES string of the molecule is CCOC(=O)C1=C(C(F)(F)F)N=c2s/c(=C\c3ccc(OC)c(O)c3)c(=O)n2[C@H]1c1ccc(Cl)cc1. The summed E-state index contributed by atoms with van der Waals surface area (Å²) in [7, 11) is 1.38. The lowest BCUT2D eigenvalue weighted by atomic mass is 9.95. The number of hydrogen-bond donors (Lipinski definition) is 1. The molecule has 1 atom stereocenters. The van der Waals surface area contributed by atoms with E-state index >= 15 is 0 Å². The maximum atomic E-state index is 14.1. The van der Waals surface area contributed by atoms with Crippen LogP contribution < -0.4 is 19.6 Å². The van der Waals surface area contributed by atoms with E-state index in [4.69, 9.17) is 21.1 Å². The zero-order valence-electron chi connectivity index (χ0n) is 18.8. The van der Waals surface area contributed by atoms with E-state index in [1.54, 1.807) is 6.07 Å². The summed E-state index contributed by atoms with van der Waals surface area (Å²) in [5.74, 6) is -1.20. The van der Waals surface area contributed by atoms with Gasteiger partial charge in [-0.2, -0.15) is 13.2 Å². The third kappa shape index (κ3) is 4.76. The maximum Gasteiger partial charge on any atom is 0.434 e. The van der Waals surface area contributed by atoms with Gasteiger partial charge in [-0.1, -0.05) is 41.1 Å². The van der Waals surface area contributed by atoms with Crippen LogP contribution >= 0.6 is 22.9 Å². The minimum absolute atomic E-state index is 0.0453. The lowest BCUT2D eigenvalue weighted by molar-refractivity contribution is -0.140. The van der Waals surface area contributed by atoms with Crippen LogP contribution in [0.25, 0.3) is 6.08 Å². The minimum atomic E-state index is -5.00. The number of esters is 1. The molecule has 0 bridgehead atoms. The van der Waals surface area contributed by atoms with E-state index < -0.39 is 35.0 Å². The Balaban J connectivity index is 2.02. The van der Waals surface area contributed by atoms with Crippen LogP contribution in [0.15, 0.2) is 63.5 Å². The Kier molecular flexibility index (Phi) is 6.96. The van der Waals surface area contributed by atoms with Gasteiger partial charge >= 0.3 is 12.1 Å². The fourth-order valence-corrected chi connectivity index (χ4v) is 4.88. The van der Waals surface area contributed by atoms with Crippen LogP contribution in [0.1, 0.15) is 24.1 Å². The van der Waals surface area contributed by atoms with Gasteiger partial charge in [0.15, 0.2) is 22.0 Å². The van der Waals surface area contributed by atoms with Crippen molar-refractivity contribution in [3.05, 3.63) is 89.6 Å². The van der Waals surface area contributed by atoms with Crippen molar-refractivity contribution < 1.29 is 32.5 Å². The molecule has 0 amide bonds. The van der Waals surface area contributed by atoms with Crippen molar-refractivity contribution in [2.45, 2.75) is 19.1 Å². The van der Waals surface area contributed by atoms with E-state index in [0.29, 0.717) is 10.6 Å². The summed E-state index contributed by atoms with van der Waals surface area (Å²) < 4.78 is 53.3. The van der Waals surface area contributed by atoms with E-state index in [9.17, 15) is 27.9 Å². The highest BCUT2D eigenvalue weighted by atomic mass is 35.5. The number of nitrogens with zero attached hydrogens (tertiary/aromatic N) is 2. The van der Waals surface area contributed by atoms with Crippen molar-refractivity contribution in [3.63, 3.8) is 0 Å². The molecule has 188 valence electrons. The molecule has 0 saturated carbocycles. The topological polar surface area (TPSA) is 90.1 Å². The van der Waals surface area contributed by atoms with Crippen molar-refractivity contribution in [3.8, 4) is 11.5 Å². The van der Waals surface area contributed by atoms with Gasteiger partial charge in [-0.15, -0.1) is 0 Å². The van der Waals surface area contributed by atoms with Crippen molar-refractivity contribution in [2.24, 2.45) is 4.99 Å². The highest BCUT2D eigenvalue weighted by Gasteiger charge is 2.45. The number of phenolic OH excluding ortho intramolecular Hbond substituents is 1. The van der Waals surface area contributed by atoms with Gasteiger partial charge < -0.3 is 14.6 Å². The van der Waals surface area contributed by atoms with E-state index in [2.05, 4.69) is 4.99 Å². The molecule has 0 saturated heterocycles. The first-order valence-electron chi connectivity index (χ1n) is 10.5. The summed E-state index contributed by atoms with van der Waals surface area (Å²) >= 11 is 6.68. The molecular weight excluding hydrogens is 521 g/mol. The molecule has 1 N–H and O–H groups in total. The number of phenols is 1. The number of carbonyl (C=O) groups excluding carboxylic acids is 1. The normalized spacial score (nSPS) is 15.9. The van der Waals surface area contributed by atoms with Crippen LogP contribution in [0.3, 0.4) is 0 Å². The molecule has 2 heterocycles. The summed E-state index contributed by atoms with van der Waals surface area (Å²) in [5.41, 5.74) is -2.28. The molecular formula is C24H18ClF3N2O5S. The number of fused-ring (bicyclic) bond motifs is 1. The minimum Gasteiger partial charge on any atom is -0.504 e. The lowest BCUT2D eigenvalue weighted by Gasteiger charge is -2.26. The maximum absolute atomic E-state index is 14.1. The number of rotatable bonds is 5. The fraction of sp³-hybridized carbons (Fsp3) is 0.208. The second kappa shape index (κ2) is 9.82. The summed E-state index contributed by atoms with van der Waals surface area (Å²) in [6, 6.07) is 8.70. The van der Waals surface area contributed by atoms with Crippen molar-refractivity contribution in [1.82, 2.24) is 4.57 Å². The van der Waals surface area contributed by atoms with Gasteiger partial charge in [0.2, 0.25) is 0 Å². The zero-order valence-corrected chi connectivity index (χ0v) is 20.4. The molecule has 1 aliphatic rings. The summed E-state index contributed by atoms with van der Waals surface area (Å²) in [6.07, 6.45) is -3.59. The number of carbonyl (C=O) groups is 1. The van der Waals surface area contributed by atoms with E-state index in [1.165, 1.54) is 56.5 Å². The summed E-state index contributed by atoms with van der Waals surface area (Å²) in [6.45, 7) is 1.29. The number of methoxy groups -OCH3 is 1. The van der Waals surface area contributed by atoms with Gasteiger partial charge in [-0.3, -0.25) is 9.36 Å². The molecule has 1 aliphatic heterocycles. The van der Waals surface area contributed by atoms with Gasteiger partial charge in [0.05, 0.1) is 29.9 Å². The predicted octanol–water partition coefficient (Wildman–Crippen LogP) is 3.71. The number of halogens is 4. The molecule has 0 radical (unpaired) electrons. The van der Waals surface area contributed by atoms with Crippen molar-refractivity contribution in [2.75, 3.05) is 13.7 Å². The number of aromatic hydroxyl groups is 1. The molecule has 7 nitrogen and oxygen atoms in total. The Hall–Kier alpha value is -3.57. The zero-order chi connectivity index (χ0) is 26.2. The standard InChI is InChI=1S/C24H18ClF3N2O5S/c1-3-35-22(33)18-19(13-5-7-14(25)8-6-13)30-21(32)17(36-23(30)29-20(18)24(26,27)28)11-12-4-9-16(34-2)15(31)10-12/h4-11,19,31H,3H2,1-2H3/b17-11-/t19-/m0/s1. The summed E-state index contributed by atoms with van der Waals surface area (Å²) in [5, 5.41) is 10.4. The monoisotopic (exact) mass is 538 g/mol. The molecule has 0 unspecified atom stereocenters. The third-order valence-electron chi connectivity index (χ3n) is 5.28. The van der Waals surface area contributed by atoms with Gasteiger partial charge in [0.25, 0.3) is 5.56 Å². The first-order chi connectivity index (χ1) is 17.0. The molecule has 0 aliphatic carbocycles. The second-order valence-electron chi connectivity index (χ2n) is 7.55. The number of thiazole rings is 1. The Bertz CT molecular complexity index is 1540. The number of allylic oxidation sites excluding steroid dienone is 1. The van der Waals surface area contributed by atoms with Gasteiger partial charge in [0, 0.05) is 5.02 Å². The number of benzene rings is 2. The van der Waals surface area contributed by atoms with E-state index in [1.807, 2.05) is 0 Å². The Morgan fingerprint density at radius 1 is 1.25 bits per heavy atom. The highest BCUT2D eigenvalue weighted by molar-refractivity contribution is 7.07. The van der Waals surface area contributed by atoms with E-state index in [0.717, 1.165) is 15.9 Å². The van der Waals surface area contributed by atoms with E-state index in [-0.39, 0.29) is 33.0 Å². The Morgan fingerprint density at radius 3 is 2.53 bits per heavy atom. The smallest absolute Gasteiger partial charge is 0.434 e. The predicted molar refractivity (Wildman–Crippen MR) is 127 cm³/mol. The lowest BCUT2D eigenvalue weighted by Crippen LogP contribution is -2.41. The van der Waals surface area contributed by atoms with Crippen molar-refractivity contribution in [1.29, 1.82) is 0 Å². The molecule has 3 aromatic rings. The van der Waals surface area contributed by atoms with Crippen LogP contribution in [-0.4, -0.2) is 35.5 Å². The van der Waals surface area contributed by atoms with Crippen LogP contribution in [-0.2, 0) is 9.53 Å². The van der Waals surface area contributed by atoms with Gasteiger partial charge in [0.1, 0.15) is 0 Å². The first kappa shape index (κ1) is 25.5. The Labute approximate surface area is 211 Å². The Morgan fingerprint density at radius 2 is 1.94 bits per heavy atom. The average molecular weight is 539 g/mol. The quantitative estimate of drug-likeness (QED) is 0.500. The number of alkyl halides is 3. The summed E-state index contributed by atoms with van der Waals surface area (Å²) in [4.78, 5) is 29.7. The van der Waals surface area contributed by atoms with Crippen LogP contribution in [0.5, 0.6) is 11.5 Å². The van der Waals surface area contributed by atoms with Crippen LogP contribution in [0, 0.1) is 0 Å². The molecule has 36 heavy (non-hydrogen) atoms. The molecule has 4 rings (SSSR count). The van der Waals surface area contributed by atoms with Gasteiger partial charge in [-0.25, -0.2) is 9.79 Å². The molecule has 0 spiro atoms. The third-order valence-corrected chi connectivity index (χ3v) is 6.52. The first-order valence-corrected chi connectivity index (χ1v) is 11.7. The number of hydrogen-bond acceptors (Lipinski definition) is 7.